The zero-order valence-electron chi connectivity index (χ0n) is 36.9. The second-order valence-corrected chi connectivity index (χ2v) is 18.8. The number of nitrogens with one attached hydrogen (secondary N) is 4. The molecule has 0 spiro atoms. The maximum absolute atomic E-state index is 14.1. The lowest BCUT2D eigenvalue weighted by Gasteiger charge is -2.37. The van der Waals surface area contributed by atoms with Crippen molar-refractivity contribution in [2.45, 2.75) is 97.4 Å². The topological polar surface area (TPSA) is 188 Å². The van der Waals surface area contributed by atoms with Crippen molar-refractivity contribution in [1.82, 2.24) is 40.4 Å². The number of ether oxygens (including phenoxy) is 2. The number of H-pyrrole nitrogens is 2. The quantitative estimate of drug-likeness (QED) is 0.0884. The zero-order chi connectivity index (χ0) is 44.3. The summed E-state index contributed by atoms with van der Waals surface area (Å²) in [7, 11) is 2.60. The summed E-state index contributed by atoms with van der Waals surface area (Å²) in [6.45, 7) is 10.7. The van der Waals surface area contributed by atoms with E-state index in [1.54, 1.807) is 11.1 Å². The fourth-order valence-electron chi connectivity index (χ4n) is 9.70. The number of furan rings is 1. The van der Waals surface area contributed by atoms with E-state index >= 15 is 0 Å². The molecule has 3 aromatic carbocycles. The lowest BCUT2D eigenvalue weighted by atomic mass is 9.95. The number of carbonyl (C=O) groups excluding carboxylic acids is 4. The highest BCUT2D eigenvalue weighted by Crippen LogP contribution is 2.50. The second kappa shape index (κ2) is 16.4. The monoisotopic (exact) mass is 856 g/mol. The van der Waals surface area contributed by atoms with E-state index in [1.165, 1.54) is 14.2 Å². The molecule has 4 N–H and O–H groups in total. The summed E-state index contributed by atoms with van der Waals surface area (Å²) in [5.74, 6) is 1.19. The standard InChI is InChI=1S/C48H56N8O7/c1-25(2)40(53-46(59)61-6)44(57)55(24-48(5)16-17-48)23-39-49-22-36(50-39)29-10-14-33-32-13-9-28(20-37(32)63-38(33)21-29)27-11-15-34-35(19-27)52-43(51-34)42-30-8-12-31(18-30)56(42)45(58)41(26(3)4)54-47(60)62-7/h9-11,13-15,19-22,25-26,30-31,40-42H,8,12,16-18,23-24H2,1-7H3,(H,49,50)(H,51,52)(H,53,59)(H,54,60)/t30-,31+,40?,41-,42-/m0/s1. The molecule has 2 aliphatic carbocycles. The molecule has 3 aromatic heterocycles. The molecule has 3 aliphatic rings. The van der Waals surface area contributed by atoms with Gasteiger partial charge in [0.15, 0.2) is 0 Å². The number of likely N-dealkylation sites (tertiary alicyclic amines) is 1. The van der Waals surface area contributed by atoms with Crippen molar-refractivity contribution in [1.29, 1.82) is 0 Å². The molecule has 330 valence electrons. The van der Waals surface area contributed by atoms with Crippen molar-refractivity contribution in [3.8, 4) is 22.4 Å². The summed E-state index contributed by atoms with van der Waals surface area (Å²) in [6, 6.07) is 17.0. The van der Waals surface area contributed by atoms with Gasteiger partial charge in [-0.3, -0.25) is 9.59 Å². The van der Waals surface area contributed by atoms with Crippen molar-refractivity contribution in [3.63, 3.8) is 0 Å². The third-order valence-electron chi connectivity index (χ3n) is 13.5. The Balaban J connectivity index is 0.944. The van der Waals surface area contributed by atoms with Crippen molar-refractivity contribution < 1.29 is 33.1 Å². The predicted octanol–water partition coefficient (Wildman–Crippen LogP) is 8.46. The highest BCUT2D eigenvalue weighted by atomic mass is 16.5. The number of benzene rings is 3. The number of rotatable bonds is 13. The molecule has 15 nitrogen and oxygen atoms in total. The van der Waals surface area contributed by atoms with Crippen molar-refractivity contribution in [3.05, 3.63) is 72.4 Å². The number of carbonyl (C=O) groups is 4. The minimum absolute atomic E-state index is 0.0463. The average molecular weight is 857 g/mol. The number of fused-ring (bicyclic) bond motifs is 6. The Morgan fingerprint density at radius 1 is 0.857 bits per heavy atom. The summed E-state index contributed by atoms with van der Waals surface area (Å²) in [5, 5.41) is 7.49. The van der Waals surface area contributed by atoms with E-state index in [0.717, 1.165) is 93.3 Å². The molecule has 2 bridgehead atoms. The van der Waals surface area contributed by atoms with E-state index in [-0.39, 0.29) is 47.7 Å². The highest BCUT2D eigenvalue weighted by Gasteiger charge is 2.51. The number of nitrogens with zero attached hydrogens (tertiary/aromatic N) is 4. The second-order valence-electron chi connectivity index (χ2n) is 18.8. The van der Waals surface area contributed by atoms with Gasteiger partial charge in [-0.25, -0.2) is 19.6 Å². The molecule has 63 heavy (non-hydrogen) atoms. The van der Waals surface area contributed by atoms with E-state index in [1.807, 2.05) is 50.8 Å². The number of piperidine rings is 1. The van der Waals surface area contributed by atoms with Crippen LogP contribution in [0.5, 0.6) is 0 Å². The van der Waals surface area contributed by atoms with Gasteiger partial charge in [0.2, 0.25) is 11.8 Å². The lowest BCUT2D eigenvalue weighted by molar-refractivity contribution is -0.139. The molecule has 2 saturated carbocycles. The van der Waals surface area contributed by atoms with Crippen LogP contribution in [0.2, 0.25) is 0 Å². The van der Waals surface area contributed by atoms with Gasteiger partial charge in [0, 0.05) is 28.9 Å². The molecule has 1 saturated heterocycles. The molecule has 1 aliphatic heterocycles. The van der Waals surface area contributed by atoms with Crippen LogP contribution in [0.4, 0.5) is 9.59 Å². The van der Waals surface area contributed by atoms with Crippen LogP contribution in [0, 0.1) is 23.2 Å². The molecule has 4 heterocycles. The first-order valence-electron chi connectivity index (χ1n) is 22.0. The molecule has 4 amide bonds. The summed E-state index contributed by atoms with van der Waals surface area (Å²) in [5.41, 5.74) is 6.93. The van der Waals surface area contributed by atoms with Crippen molar-refractivity contribution in [2.24, 2.45) is 23.2 Å². The van der Waals surface area contributed by atoms with Gasteiger partial charge in [-0.2, -0.15) is 0 Å². The maximum atomic E-state index is 14.1. The first kappa shape index (κ1) is 41.9. The average Bonchev–Trinajstić information content (AvgIpc) is 3.90. The minimum Gasteiger partial charge on any atom is -0.456 e. The summed E-state index contributed by atoms with van der Waals surface area (Å²) >= 11 is 0. The molecule has 0 radical (unpaired) electrons. The third kappa shape index (κ3) is 8.09. The Kier molecular flexibility index (Phi) is 10.9. The fourth-order valence-corrected chi connectivity index (χ4v) is 9.70. The van der Waals surface area contributed by atoms with Crippen LogP contribution >= 0.6 is 0 Å². The molecule has 9 rings (SSSR count). The van der Waals surface area contributed by atoms with Gasteiger partial charge >= 0.3 is 12.2 Å². The van der Waals surface area contributed by atoms with Crippen molar-refractivity contribution in [2.75, 3.05) is 20.8 Å². The van der Waals surface area contributed by atoms with Crippen LogP contribution in [0.25, 0.3) is 55.4 Å². The molecule has 1 unspecified atom stereocenters. The number of methoxy groups -OCH3 is 2. The summed E-state index contributed by atoms with van der Waals surface area (Å²) in [6.07, 6.45) is 5.50. The predicted molar refractivity (Wildman–Crippen MR) is 238 cm³/mol. The largest absolute Gasteiger partial charge is 0.456 e. The van der Waals surface area contributed by atoms with Crippen LogP contribution < -0.4 is 10.6 Å². The van der Waals surface area contributed by atoms with Gasteiger partial charge in [0.1, 0.15) is 34.9 Å². The van der Waals surface area contributed by atoms with E-state index in [2.05, 4.69) is 68.9 Å². The molecule has 6 aromatic rings. The first-order valence-corrected chi connectivity index (χ1v) is 22.0. The van der Waals surface area contributed by atoms with Gasteiger partial charge in [-0.15, -0.1) is 0 Å². The van der Waals surface area contributed by atoms with E-state index in [9.17, 15) is 19.2 Å². The van der Waals surface area contributed by atoms with E-state index in [0.29, 0.717) is 18.3 Å². The highest BCUT2D eigenvalue weighted by molar-refractivity contribution is 6.07. The maximum Gasteiger partial charge on any atom is 0.407 e. The van der Waals surface area contributed by atoms with Crippen LogP contribution in [0.3, 0.4) is 0 Å². The Hall–Kier alpha value is -6.38. The number of amides is 4. The van der Waals surface area contributed by atoms with Crippen LogP contribution in [-0.2, 0) is 25.6 Å². The lowest BCUT2D eigenvalue weighted by Crippen LogP contribution is -2.54. The summed E-state index contributed by atoms with van der Waals surface area (Å²) in [4.78, 5) is 72.7. The number of hydrogen-bond acceptors (Lipinski definition) is 9. The van der Waals surface area contributed by atoms with Gasteiger partial charge in [-0.1, -0.05) is 52.8 Å². The van der Waals surface area contributed by atoms with Gasteiger partial charge < -0.3 is 44.3 Å². The number of aromatic nitrogens is 4. The first-order chi connectivity index (χ1) is 30.2. The van der Waals surface area contributed by atoms with Crippen molar-refractivity contribution >= 4 is 57.0 Å². The summed E-state index contributed by atoms with van der Waals surface area (Å²) < 4.78 is 16.2. The fraction of sp³-hybridized carbons (Fsp3) is 0.458. The zero-order valence-corrected chi connectivity index (χ0v) is 36.9. The van der Waals surface area contributed by atoms with E-state index < -0.39 is 24.3 Å². The number of alkyl carbamates (subject to hydrolysis) is 2. The molecule has 3 fully saturated rings. The number of hydrogen-bond donors (Lipinski definition) is 4. The Bertz CT molecular complexity index is 2730. The smallest absolute Gasteiger partial charge is 0.407 e. The van der Waals surface area contributed by atoms with E-state index in [4.69, 9.17) is 18.9 Å². The Morgan fingerprint density at radius 3 is 2.16 bits per heavy atom. The molecule has 5 atom stereocenters. The van der Waals surface area contributed by atoms with Crippen LogP contribution in [0.1, 0.15) is 84.4 Å². The van der Waals surface area contributed by atoms with Crippen LogP contribution in [-0.4, -0.2) is 92.6 Å². The van der Waals surface area contributed by atoms with Crippen LogP contribution in [0.15, 0.2) is 65.2 Å². The molecular formula is C48H56N8O7. The molecule has 15 heteroatoms. The Labute approximate surface area is 365 Å². The van der Waals surface area contributed by atoms with Gasteiger partial charge in [0.05, 0.1) is 49.7 Å². The van der Waals surface area contributed by atoms with Gasteiger partial charge in [-0.05, 0) is 103 Å². The third-order valence-corrected chi connectivity index (χ3v) is 13.5. The number of imidazole rings is 2. The minimum atomic E-state index is -0.726. The van der Waals surface area contributed by atoms with Gasteiger partial charge in [0.25, 0.3) is 0 Å². The SMILES string of the molecule is COC(=O)NC(C(=O)N(Cc1ncc(-c2ccc3c(c2)oc2cc(-c4ccc5nc([C@@H]6[C@H]7CC[C@H](C7)N6C(=O)[C@@H](NC(=O)OC)C(C)C)[nH]c5c4)ccc23)[nH]1)CC1(C)CC1)C(C)C. The Morgan fingerprint density at radius 2 is 1.49 bits per heavy atom. The normalized spacial score (nSPS) is 19.8. The molecular weight excluding hydrogens is 801 g/mol. The number of aromatic amines is 2.